The standard InChI is InChI=1S/C16H21BrO3/c1-16(2,15(18)19)9-12-6-13(17)8-14(7-12)20-10-11-4-3-5-11/h6-8,11H,3-5,9-10H2,1-2H3,(H,18,19). The number of carboxylic acids is 1. The molecule has 0 amide bonds. The van der Waals surface area contributed by atoms with Crippen molar-refractivity contribution in [3.63, 3.8) is 0 Å². The summed E-state index contributed by atoms with van der Waals surface area (Å²) in [6, 6.07) is 5.85. The molecule has 0 saturated heterocycles. The Bertz CT molecular complexity index is 492. The number of benzene rings is 1. The molecule has 1 saturated carbocycles. The molecule has 0 atom stereocenters. The highest BCUT2D eigenvalue weighted by Gasteiger charge is 2.27. The van der Waals surface area contributed by atoms with Gasteiger partial charge in [0.25, 0.3) is 0 Å². The van der Waals surface area contributed by atoms with Crippen molar-refractivity contribution in [1.29, 1.82) is 0 Å². The van der Waals surface area contributed by atoms with E-state index in [1.807, 2.05) is 18.2 Å². The molecular weight excluding hydrogens is 320 g/mol. The molecule has 1 fully saturated rings. The van der Waals surface area contributed by atoms with Crippen LogP contribution in [0.2, 0.25) is 0 Å². The third kappa shape index (κ3) is 3.98. The summed E-state index contributed by atoms with van der Waals surface area (Å²) >= 11 is 3.47. The minimum Gasteiger partial charge on any atom is -0.493 e. The summed E-state index contributed by atoms with van der Waals surface area (Å²) < 4.78 is 6.76. The van der Waals surface area contributed by atoms with Gasteiger partial charge in [-0.3, -0.25) is 4.79 Å². The summed E-state index contributed by atoms with van der Waals surface area (Å²) in [5.74, 6) is 0.727. The van der Waals surface area contributed by atoms with Gasteiger partial charge in [-0.15, -0.1) is 0 Å². The molecule has 1 aromatic carbocycles. The minimum atomic E-state index is -0.783. The number of halogens is 1. The Labute approximate surface area is 128 Å². The zero-order valence-corrected chi connectivity index (χ0v) is 13.6. The molecule has 2 rings (SSSR count). The lowest BCUT2D eigenvalue weighted by molar-refractivity contribution is -0.146. The lowest BCUT2D eigenvalue weighted by atomic mass is 9.86. The second kappa shape index (κ2) is 6.17. The Hall–Kier alpha value is -1.03. The molecule has 1 aliphatic rings. The fourth-order valence-electron chi connectivity index (χ4n) is 2.27. The van der Waals surface area contributed by atoms with Gasteiger partial charge in [0.05, 0.1) is 12.0 Å². The lowest BCUT2D eigenvalue weighted by Gasteiger charge is -2.25. The number of rotatable bonds is 6. The zero-order chi connectivity index (χ0) is 14.8. The smallest absolute Gasteiger partial charge is 0.309 e. The third-order valence-corrected chi connectivity index (χ3v) is 4.32. The van der Waals surface area contributed by atoms with Gasteiger partial charge in [0.1, 0.15) is 5.75 Å². The average Bonchev–Trinajstić information content (AvgIpc) is 2.25. The quantitative estimate of drug-likeness (QED) is 0.840. The highest BCUT2D eigenvalue weighted by Crippen LogP contribution is 2.30. The van der Waals surface area contributed by atoms with Gasteiger partial charge in [-0.25, -0.2) is 0 Å². The van der Waals surface area contributed by atoms with Gasteiger partial charge in [-0.05, 0) is 62.8 Å². The van der Waals surface area contributed by atoms with Crippen molar-refractivity contribution >= 4 is 21.9 Å². The first-order valence-corrected chi connectivity index (χ1v) is 7.82. The van der Waals surface area contributed by atoms with E-state index in [2.05, 4.69) is 15.9 Å². The van der Waals surface area contributed by atoms with Crippen molar-refractivity contribution in [3.05, 3.63) is 28.2 Å². The molecule has 1 aromatic rings. The molecule has 0 aliphatic heterocycles. The van der Waals surface area contributed by atoms with Gasteiger partial charge in [0.2, 0.25) is 0 Å². The third-order valence-electron chi connectivity index (χ3n) is 3.87. The van der Waals surface area contributed by atoms with Crippen LogP contribution in [-0.2, 0) is 11.2 Å². The fraction of sp³-hybridized carbons (Fsp3) is 0.562. The van der Waals surface area contributed by atoms with Crippen LogP contribution in [0.3, 0.4) is 0 Å². The van der Waals surface area contributed by atoms with Crippen molar-refractivity contribution in [2.24, 2.45) is 11.3 Å². The van der Waals surface area contributed by atoms with Crippen LogP contribution in [0.15, 0.2) is 22.7 Å². The molecule has 1 aliphatic carbocycles. The van der Waals surface area contributed by atoms with Crippen LogP contribution < -0.4 is 4.74 Å². The first kappa shape index (κ1) is 15.4. The molecule has 0 bridgehead atoms. The maximum absolute atomic E-state index is 11.2. The van der Waals surface area contributed by atoms with E-state index in [-0.39, 0.29) is 0 Å². The van der Waals surface area contributed by atoms with Crippen molar-refractivity contribution in [1.82, 2.24) is 0 Å². The molecule has 4 heteroatoms. The number of aliphatic carboxylic acids is 1. The summed E-state index contributed by atoms with van der Waals surface area (Å²) in [5.41, 5.74) is 0.210. The van der Waals surface area contributed by atoms with E-state index in [0.717, 1.165) is 22.4 Å². The van der Waals surface area contributed by atoms with E-state index >= 15 is 0 Å². The Balaban J connectivity index is 2.05. The first-order chi connectivity index (χ1) is 9.37. The van der Waals surface area contributed by atoms with Crippen LogP contribution in [0, 0.1) is 11.3 Å². The number of carboxylic acid groups (broad SMARTS) is 1. The topological polar surface area (TPSA) is 46.5 Å². The Kier molecular flexibility index (Phi) is 4.74. The van der Waals surface area contributed by atoms with E-state index in [0.29, 0.717) is 12.3 Å². The van der Waals surface area contributed by atoms with Crippen molar-refractivity contribution in [2.75, 3.05) is 6.61 Å². The molecule has 0 radical (unpaired) electrons. The second-order valence-electron chi connectivity index (χ2n) is 6.27. The predicted octanol–water partition coefficient (Wildman–Crippen LogP) is 4.28. The molecule has 0 aromatic heterocycles. The number of hydrogen-bond acceptors (Lipinski definition) is 2. The van der Waals surface area contributed by atoms with Gasteiger partial charge in [-0.2, -0.15) is 0 Å². The molecule has 0 spiro atoms. The molecule has 20 heavy (non-hydrogen) atoms. The van der Waals surface area contributed by atoms with Crippen LogP contribution in [0.1, 0.15) is 38.7 Å². The maximum atomic E-state index is 11.2. The van der Waals surface area contributed by atoms with Crippen LogP contribution in [-0.4, -0.2) is 17.7 Å². The average molecular weight is 341 g/mol. The lowest BCUT2D eigenvalue weighted by Crippen LogP contribution is -2.26. The zero-order valence-electron chi connectivity index (χ0n) is 12.0. The normalized spacial score (nSPS) is 15.8. The van der Waals surface area contributed by atoms with E-state index in [1.165, 1.54) is 19.3 Å². The number of hydrogen-bond donors (Lipinski definition) is 1. The van der Waals surface area contributed by atoms with Crippen molar-refractivity contribution < 1.29 is 14.6 Å². The summed E-state index contributed by atoms with van der Waals surface area (Å²) in [4.78, 5) is 11.2. The molecular formula is C16H21BrO3. The largest absolute Gasteiger partial charge is 0.493 e. The molecule has 3 nitrogen and oxygen atoms in total. The molecule has 110 valence electrons. The van der Waals surface area contributed by atoms with Gasteiger partial charge in [0.15, 0.2) is 0 Å². The summed E-state index contributed by atoms with van der Waals surface area (Å²) in [6.45, 7) is 4.24. The first-order valence-electron chi connectivity index (χ1n) is 7.02. The molecule has 0 heterocycles. The molecule has 0 unspecified atom stereocenters. The monoisotopic (exact) mass is 340 g/mol. The van der Waals surface area contributed by atoms with Crippen LogP contribution in [0.25, 0.3) is 0 Å². The van der Waals surface area contributed by atoms with Crippen molar-refractivity contribution in [2.45, 2.75) is 39.5 Å². The summed E-state index contributed by atoms with van der Waals surface area (Å²) in [6.07, 6.45) is 4.31. The van der Waals surface area contributed by atoms with Gasteiger partial charge >= 0.3 is 5.97 Å². The van der Waals surface area contributed by atoms with Gasteiger partial charge in [-0.1, -0.05) is 22.4 Å². The van der Waals surface area contributed by atoms with E-state index in [9.17, 15) is 9.90 Å². The summed E-state index contributed by atoms with van der Waals surface area (Å²) in [7, 11) is 0. The number of ether oxygens (including phenoxy) is 1. The van der Waals surface area contributed by atoms with Crippen molar-refractivity contribution in [3.8, 4) is 5.75 Å². The van der Waals surface area contributed by atoms with E-state index in [4.69, 9.17) is 4.74 Å². The van der Waals surface area contributed by atoms with Crippen LogP contribution in [0.5, 0.6) is 5.75 Å². The van der Waals surface area contributed by atoms with Gasteiger partial charge in [0, 0.05) is 4.47 Å². The Morgan fingerprint density at radius 3 is 2.65 bits per heavy atom. The minimum absolute atomic E-state index is 0.488. The second-order valence-corrected chi connectivity index (χ2v) is 7.18. The van der Waals surface area contributed by atoms with E-state index < -0.39 is 11.4 Å². The van der Waals surface area contributed by atoms with Crippen LogP contribution >= 0.6 is 15.9 Å². The predicted molar refractivity (Wildman–Crippen MR) is 82.1 cm³/mol. The highest BCUT2D eigenvalue weighted by molar-refractivity contribution is 9.10. The Morgan fingerprint density at radius 2 is 2.10 bits per heavy atom. The molecule has 1 N–H and O–H groups in total. The van der Waals surface area contributed by atoms with Crippen LogP contribution in [0.4, 0.5) is 0 Å². The number of carbonyl (C=O) groups is 1. The van der Waals surface area contributed by atoms with Gasteiger partial charge < -0.3 is 9.84 Å². The highest BCUT2D eigenvalue weighted by atomic mass is 79.9. The summed E-state index contributed by atoms with van der Waals surface area (Å²) in [5, 5.41) is 9.21. The maximum Gasteiger partial charge on any atom is 0.309 e. The van der Waals surface area contributed by atoms with E-state index in [1.54, 1.807) is 13.8 Å². The Morgan fingerprint density at radius 1 is 1.40 bits per heavy atom. The fourth-order valence-corrected chi connectivity index (χ4v) is 2.79. The SMILES string of the molecule is CC(C)(Cc1cc(Br)cc(OCC2CCC2)c1)C(=O)O.